The van der Waals surface area contributed by atoms with Crippen LogP contribution in [0, 0.1) is 0 Å². The van der Waals surface area contributed by atoms with Crippen molar-refractivity contribution in [2.45, 2.75) is 18.8 Å². The second kappa shape index (κ2) is 11.9. The fraction of sp³-hybridized carbons (Fsp3) is 0.350. The monoisotopic (exact) mass is 453 g/mol. The van der Waals surface area contributed by atoms with Crippen molar-refractivity contribution in [2.75, 3.05) is 26.7 Å². The summed E-state index contributed by atoms with van der Waals surface area (Å²) < 4.78 is 0. The molecule has 136 valence electrons. The second-order valence-corrected chi connectivity index (χ2v) is 5.94. The smallest absolute Gasteiger partial charge is 0.191 e. The standard InChI is InChI=1S/C20H27N3O.HI/c1-16(17-9-5-3-6-10-17)13-22-20(21-2)23-14-19(15-24)18-11-7-4-8-12-18;/h3-12,16,19,24H,13-15H2,1-2H3,(H2,21,22,23);1H. The van der Waals surface area contributed by atoms with E-state index in [4.69, 9.17) is 0 Å². The molecule has 2 unspecified atom stereocenters. The van der Waals surface area contributed by atoms with E-state index in [0.717, 1.165) is 18.1 Å². The highest BCUT2D eigenvalue weighted by atomic mass is 127. The van der Waals surface area contributed by atoms with Crippen LogP contribution in [0.4, 0.5) is 0 Å². The topological polar surface area (TPSA) is 56.7 Å². The van der Waals surface area contributed by atoms with Crippen LogP contribution in [0.25, 0.3) is 0 Å². The summed E-state index contributed by atoms with van der Waals surface area (Å²) in [5.41, 5.74) is 2.43. The van der Waals surface area contributed by atoms with Gasteiger partial charge in [-0.15, -0.1) is 24.0 Å². The van der Waals surface area contributed by atoms with Crippen LogP contribution in [0.15, 0.2) is 65.7 Å². The van der Waals surface area contributed by atoms with Gasteiger partial charge in [-0.25, -0.2) is 0 Å². The molecule has 3 N–H and O–H groups in total. The Balaban J connectivity index is 0.00000312. The molecule has 0 aromatic heterocycles. The molecule has 0 aliphatic heterocycles. The van der Waals surface area contributed by atoms with Crippen LogP contribution in [-0.4, -0.2) is 37.8 Å². The molecule has 0 saturated carbocycles. The largest absolute Gasteiger partial charge is 0.396 e. The van der Waals surface area contributed by atoms with Crippen LogP contribution in [0.2, 0.25) is 0 Å². The Bertz CT molecular complexity index is 619. The minimum Gasteiger partial charge on any atom is -0.396 e. The molecule has 4 nitrogen and oxygen atoms in total. The van der Waals surface area contributed by atoms with E-state index in [2.05, 4.69) is 46.8 Å². The molecule has 2 aromatic rings. The van der Waals surface area contributed by atoms with E-state index in [-0.39, 0.29) is 36.5 Å². The Morgan fingerprint density at radius 1 is 0.920 bits per heavy atom. The maximum absolute atomic E-state index is 9.63. The molecule has 0 bridgehead atoms. The highest BCUT2D eigenvalue weighted by Gasteiger charge is 2.11. The van der Waals surface area contributed by atoms with Gasteiger partial charge in [0.25, 0.3) is 0 Å². The van der Waals surface area contributed by atoms with Gasteiger partial charge in [0.15, 0.2) is 5.96 Å². The van der Waals surface area contributed by atoms with Crippen LogP contribution < -0.4 is 10.6 Å². The molecule has 0 radical (unpaired) electrons. The van der Waals surface area contributed by atoms with Gasteiger partial charge in [0.2, 0.25) is 0 Å². The lowest BCUT2D eigenvalue weighted by atomic mass is 10.0. The number of guanidine groups is 1. The lowest BCUT2D eigenvalue weighted by Crippen LogP contribution is -2.41. The first-order chi connectivity index (χ1) is 11.7. The van der Waals surface area contributed by atoms with Crippen molar-refractivity contribution in [2.24, 2.45) is 4.99 Å². The number of aliphatic imine (C=N–C) groups is 1. The molecular weight excluding hydrogens is 425 g/mol. The summed E-state index contributed by atoms with van der Waals surface area (Å²) in [5.74, 6) is 1.20. The number of hydrogen-bond acceptors (Lipinski definition) is 2. The molecule has 5 heteroatoms. The van der Waals surface area contributed by atoms with Gasteiger partial charge in [0.1, 0.15) is 0 Å². The van der Waals surface area contributed by atoms with Gasteiger partial charge in [-0.2, -0.15) is 0 Å². The zero-order valence-electron chi connectivity index (χ0n) is 14.9. The first-order valence-corrected chi connectivity index (χ1v) is 8.39. The number of aliphatic hydroxyl groups is 1. The lowest BCUT2D eigenvalue weighted by Gasteiger charge is -2.19. The molecule has 2 rings (SSSR count). The number of aliphatic hydroxyl groups excluding tert-OH is 1. The third-order valence-corrected chi connectivity index (χ3v) is 4.18. The maximum Gasteiger partial charge on any atom is 0.191 e. The quantitative estimate of drug-likeness (QED) is 0.343. The number of halogens is 1. The first kappa shape index (κ1) is 21.4. The molecular formula is C20H28IN3O. The predicted molar refractivity (Wildman–Crippen MR) is 116 cm³/mol. The Morgan fingerprint density at radius 3 is 1.96 bits per heavy atom. The molecule has 0 fully saturated rings. The molecule has 0 saturated heterocycles. The van der Waals surface area contributed by atoms with Gasteiger partial charge in [-0.1, -0.05) is 67.6 Å². The number of nitrogens with zero attached hydrogens (tertiary/aromatic N) is 1. The summed E-state index contributed by atoms with van der Waals surface area (Å²) in [4.78, 5) is 4.27. The molecule has 2 atom stereocenters. The Kier molecular flexibility index (Phi) is 10.2. The van der Waals surface area contributed by atoms with E-state index in [9.17, 15) is 5.11 Å². The van der Waals surface area contributed by atoms with Gasteiger partial charge < -0.3 is 15.7 Å². The van der Waals surface area contributed by atoms with Crippen molar-refractivity contribution in [3.05, 3.63) is 71.8 Å². The lowest BCUT2D eigenvalue weighted by molar-refractivity contribution is 0.265. The fourth-order valence-electron chi connectivity index (χ4n) is 2.60. The molecule has 2 aromatic carbocycles. The van der Waals surface area contributed by atoms with Crippen LogP contribution in [-0.2, 0) is 0 Å². The zero-order chi connectivity index (χ0) is 17.2. The predicted octanol–water partition coefficient (Wildman–Crippen LogP) is 3.35. The molecule has 0 spiro atoms. The number of rotatable bonds is 7. The summed E-state index contributed by atoms with van der Waals surface area (Å²) >= 11 is 0. The number of nitrogens with one attached hydrogen (secondary N) is 2. The number of hydrogen-bond donors (Lipinski definition) is 3. The average molecular weight is 453 g/mol. The zero-order valence-corrected chi connectivity index (χ0v) is 17.2. The van der Waals surface area contributed by atoms with Crippen molar-refractivity contribution >= 4 is 29.9 Å². The van der Waals surface area contributed by atoms with Crippen molar-refractivity contribution in [3.63, 3.8) is 0 Å². The summed E-state index contributed by atoms with van der Waals surface area (Å²) in [6.07, 6.45) is 0. The Morgan fingerprint density at radius 2 is 1.44 bits per heavy atom. The summed E-state index contributed by atoms with van der Waals surface area (Å²) in [7, 11) is 1.76. The van der Waals surface area contributed by atoms with Crippen LogP contribution >= 0.6 is 24.0 Å². The van der Waals surface area contributed by atoms with Crippen molar-refractivity contribution in [3.8, 4) is 0 Å². The van der Waals surface area contributed by atoms with E-state index < -0.39 is 0 Å². The van der Waals surface area contributed by atoms with E-state index in [0.29, 0.717) is 12.5 Å². The number of benzene rings is 2. The maximum atomic E-state index is 9.63. The van der Waals surface area contributed by atoms with Crippen LogP contribution in [0.5, 0.6) is 0 Å². The second-order valence-electron chi connectivity index (χ2n) is 5.94. The molecule has 0 amide bonds. The molecule has 25 heavy (non-hydrogen) atoms. The molecule has 0 aliphatic carbocycles. The normalized spacial score (nSPS) is 13.5. The van der Waals surface area contributed by atoms with Crippen LogP contribution in [0.3, 0.4) is 0 Å². The van der Waals surface area contributed by atoms with E-state index in [1.165, 1.54) is 5.56 Å². The summed E-state index contributed by atoms with van der Waals surface area (Å²) in [6, 6.07) is 20.5. The van der Waals surface area contributed by atoms with Crippen molar-refractivity contribution in [1.29, 1.82) is 0 Å². The van der Waals surface area contributed by atoms with Crippen molar-refractivity contribution < 1.29 is 5.11 Å². The highest BCUT2D eigenvalue weighted by molar-refractivity contribution is 14.0. The molecule has 0 heterocycles. The van der Waals surface area contributed by atoms with Gasteiger partial charge in [0, 0.05) is 26.1 Å². The molecule has 0 aliphatic rings. The third kappa shape index (κ3) is 7.04. The van der Waals surface area contributed by atoms with Gasteiger partial charge in [-0.05, 0) is 17.0 Å². The van der Waals surface area contributed by atoms with E-state index in [1.54, 1.807) is 7.05 Å². The summed E-state index contributed by atoms with van der Waals surface area (Å²) in [5, 5.41) is 16.3. The highest BCUT2D eigenvalue weighted by Crippen LogP contribution is 2.14. The van der Waals surface area contributed by atoms with Gasteiger partial charge >= 0.3 is 0 Å². The van der Waals surface area contributed by atoms with Gasteiger partial charge in [-0.3, -0.25) is 4.99 Å². The summed E-state index contributed by atoms with van der Waals surface area (Å²) in [6.45, 7) is 3.74. The van der Waals surface area contributed by atoms with E-state index >= 15 is 0 Å². The van der Waals surface area contributed by atoms with Crippen molar-refractivity contribution in [1.82, 2.24) is 10.6 Å². The Labute approximate surface area is 167 Å². The SMILES string of the molecule is CN=C(NCC(C)c1ccccc1)NCC(CO)c1ccccc1.I. The minimum absolute atomic E-state index is 0. The first-order valence-electron chi connectivity index (χ1n) is 8.39. The Hall–Kier alpha value is -1.60. The van der Waals surface area contributed by atoms with Gasteiger partial charge in [0.05, 0.1) is 6.61 Å². The van der Waals surface area contributed by atoms with E-state index in [1.807, 2.05) is 36.4 Å². The fourth-order valence-corrected chi connectivity index (χ4v) is 2.60. The average Bonchev–Trinajstić information content (AvgIpc) is 2.66. The van der Waals surface area contributed by atoms with Crippen LogP contribution in [0.1, 0.15) is 29.9 Å². The third-order valence-electron chi connectivity index (χ3n) is 4.18. The minimum atomic E-state index is 0.